The number of pyridine rings is 1. The summed E-state index contributed by atoms with van der Waals surface area (Å²) >= 11 is 1.68. The predicted octanol–water partition coefficient (Wildman–Crippen LogP) is 2.42. The molecule has 0 saturated carbocycles. The first-order chi connectivity index (χ1) is 14.0. The van der Waals surface area contributed by atoms with E-state index in [4.69, 9.17) is 0 Å². The molecule has 0 spiro atoms. The van der Waals surface area contributed by atoms with E-state index in [0.717, 1.165) is 42.5 Å². The summed E-state index contributed by atoms with van der Waals surface area (Å²) in [5, 5.41) is 3.21. The van der Waals surface area contributed by atoms with Gasteiger partial charge in [-0.1, -0.05) is 0 Å². The highest BCUT2D eigenvalue weighted by molar-refractivity contribution is 7.09. The van der Waals surface area contributed by atoms with Gasteiger partial charge in [0.15, 0.2) is 0 Å². The van der Waals surface area contributed by atoms with Crippen LogP contribution in [-0.4, -0.2) is 57.6 Å². The van der Waals surface area contributed by atoms with Gasteiger partial charge in [-0.3, -0.25) is 14.5 Å². The number of nitrogens with zero attached hydrogens (tertiary/aromatic N) is 4. The molecule has 0 aliphatic carbocycles. The lowest BCUT2D eigenvalue weighted by molar-refractivity contribution is 0.0777. The average molecular weight is 417 g/mol. The fourth-order valence-electron chi connectivity index (χ4n) is 5.12. The smallest absolute Gasteiger partial charge is 0.263 e. The molecule has 2 bridgehead atoms. The number of amides is 1. The summed E-state index contributed by atoms with van der Waals surface area (Å²) in [6, 6.07) is 3.60. The lowest BCUT2D eigenvalue weighted by Gasteiger charge is -2.42. The van der Waals surface area contributed by atoms with Crippen LogP contribution in [0, 0.1) is 12.8 Å². The molecule has 3 atom stereocenters. The van der Waals surface area contributed by atoms with Crippen LogP contribution in [0.25, 0.3) is 0 Å². The number of piperidine rings is 1. The van der Waals surface area contributed by atoms with Crippen molar-refractivity contribution in [3.8, 4) is 0 Å². The van der Waals surface area contributed by atoms with E-state index in [-0.39, 0.29) is 23.6 Å². The number of rotatable bonds is 3. The Bertz CT molecular complexity index is 1000. The zero-order valence-electron chi connectivity index (χ0n) is 16.5. The van der Waals surface area contributed by atoms with E-state index in [1.165, 1.54) is 4.90 Å². The highest BCUT2D eigenvalue weighted by atomic mass is 32.1. The average Bonchev–Trinajstić information content (AvgIpc) is 3.30. The third kappa shape index (κ3) is 3.53. The van der Waals surface area contributed by atoms with Gasteiger partial charge in [-0.15, -0.1) is 11.3 Å². The van der Waals surface area contributed by atoms with E-state index >= 15 is 0 Å². The number of halogens is 1. The summed E-state index contributed by atoms with van der Waals surface area (Å²) in [6.45, 7) is 5.83. The standard InChI is InChI=1S/C21H25FN4O2S/c1-13-23-17(12-29-13)11-24-7-14-6-15(9-24)19-3-2-18(21(28)26(19)8-14)20(27)25-5-4-16(22)10-25/h2-3,12,14-16H,4-11H2,1H3/t14-,15+,16-/m0/s1. The number of carbonyl (C=O) groups excluding carboxylic acids is 1. The van der Waals surface area contributed by atoms with Gasteiger partial charge in [-0.2, -0.15) is 0 Å². The first-order valence-electron chi connectivity index (χ1n) is 10.3. The second-order valence-corrected chi connectivity index (χ2v) is 9.64. The van der Waals surface area contributed by atoms with Crippen molar-refractivity contribution in [1.29, 1.82) is 0 Å². The molecule has 2 aromatic rings. The fourth-order valence-corrected chi connectivity index (χ4v) is 5.72. The summed E-state index contributed by atoms with van der Waals surface area (Å²) in [6.07, 6.45) is 0.456. The zero-order valence-corrected chi connectivity index (χ0v) is 17.3. The van der Waals surface area contributed by atoms with Crippen LogP contribution in [0.4, 0.5) is 4.39 Å². The molecule has 5 heterocycles. The van der Waals surface area contributed by atoms with Crippen molar-refractivity contribution < 1.29 is 9.18 Å². The van der Waals surface area contributed by atoms with E-state index in [9.17, 15) is 14.0 Å². The monoisotopic (exact) mass is 416 g/mol. The Balaban J connectivity index is 1.38. The Hall–Kier alpha value is -2.06. The molecule has 29 heavy (non-hydrogen) atoms. The molecule has 0 N–H and O–H groups in total. The molecular weight excluding hydrogens is 391 g/mol. The van der Waals surface area contributed by atoms with E-state index in [1.54, 1.807) is 22.0 Å². The molecule has 0 radical (unpaired) electrons. The van der Waals surface area contributed by atoms with E-state index < -0.39 is 6.17 Å². The molecular formula is C21H25FN4O2S. The van der Waals surface area contributed by atoms with Crippen LogP contribution < -0.4 is 5.56 Å². The second kappa shape index (κ2) is 7.32. The normalized spacial score (nSPS) is 26.6. The summed E-state index contributed by atoms with van der Waals surface area (Å²) in [4.78, 5) is 34.3. The molecule has 154 valence electrons. The van der Waals surface area contributed by atoms with Gasteiger partial charge < -0.3 is 9.47 Å². The molecule has 0 unspecified atom stereocenters. The van der Waals surface area contributed by atoms with E-state index in [1.807, 2.05) is 13.0 Å². The summed E-state index contributed by atoms with van der Waals surface area (Å²) in [7, 11) is 0. The Labute approximate surface area is 173 Å². The Morgan fingerprint density at radius 1 is 1.28 bits per heavy atom. The zero-order chi connectivity index (χ0) is 20.1. The van der Waals surface area contributed by atoms with Gasteiger partial charge in [-0.25, -0.2) is 9.37 Å². The molecule has 8 heteroatoms. The number of hydrogen-bond acceptors (Lipinski definition) is 5. The number of fused-ring (bicyclic) bond motifs is 4. The van der Waals surface area contributed by atoms with Gasteiger partial charge in [0.1, 0.15) is 11.7 Å². The molecule has 2 aromatic heterocycles. The molecule has 6 nitrogen and oxygen atoms in total. The van der Waals surface area contributed by atoms with Gasteiger partial charge in [0, 0.05) is 49.7 Å². The van der Waals surface area contributed by atoms with Crippen LogP contribution in [-0.2, 0) is 13.1 Å². The van der Waals surface area contributed by atoms with E-state index in [2.05, 4.69) is 15.3 Å². The molecule has 2 fully saturated rings. The Kier molecular flexibility index (Phi) is 4.78. The summed E-state index contributed by atoms with van der Waals surface area (Å²) in [5.41, 5.74) is 2.10. The van der Waals surface area contributed by atoms with Crippen LogP contribution in [0.15, 0.2) is 22.3 Å². The third-order valence-electron chi connectivity index (χ3n) is 6.38. The Morgan fingerprint density at radius 2 is 2.14 bits per heavy atom. The highest BCUT2D eigenvalue weighted by Crippen LogP contribution is 2.35. The number of hydrogen-bond donors (Lipinski definition) is 0. The predicted molar refractivity (Wildman–Crippen MR) is 109 cm³/mol. The topological polar surface area (TPSA) is 58.4 Å². The Morgan fingerprint density at radius 3 is 2.86 bits per heavy atom. The van der Waals surface area contributed by atoms with Crippen LogP contribution in [0.5, 0.6) is 0 Å². The van der Waals surface area contributed by atoms with Crippen LogP contribution in [0.2, 0.25) is 0 Å². The third-order valence-corrected chi connectivity index (χ3v) is 7.20. The summed E-state index contributed by atoms with van der Waals surface area (Å²) in [5.74, 6) is 0.355. The van der Waals surface area contributed by atoms with Crippen molar-refractivity contribution in [2.75, 3.05) is 26.2 Å². The van der Waals surface area contributed by atoms with Gasteiger partial charge in [-0.05, 0) is 37.8 Å². The minimum absolute atomic E-state index is 0.0936. The van der Waals surface area contributed by atoms with Crippen LogP contribution in [0.1, 0.15) is 45.5 Å². The number of carbonyl (C=O) groups is 1. The maximum atomic E-state index is 13.5. The first-order valence-corrected chi connectivity index (χ1v) is 11.2. The molecule has 5 rings (SSSR count). The van der Waals surface area contributed by atoms with Gasteiger partial charge in [0.25, 0.3) is 11.5 Å². The van der Waals surface area contributed by atoms with Crippen LogP contribution >= 0.6 is 11.3 Å². The number of aryl methyl sites for hydroxylation is 1. The summed E-state index contributed by atoms with van der Waals surface area (Å²) < 4.78 is 15.3. The second-order valence-electron chi connectivity index (χ2n) is 8.58. The van der Waals surface area contributed by atoms with Crippen molar-refractivity contribution in [2.45, 2.75) is 44.9 Å². The minimum Gasteiger partial charge on any atom is -0.335 e. The fraction of sp³-hybridized carbons (Fsp3) is 0.571. The van der Waals surface area contributed by atoms with E-state index in [0.29, 0.717) is 31.3 Å². The molecule has 3 aliphatic heterocycles. The quantitative estimate of drug-likeness (QED) is 0.771. The van der Waals surface area contributed by atoms with Crippen molar-refractivity contribution >= 4 is 17.2 Å². The van der Waals surface area contributed by atoms with Crippen molar-refractivity contribution in [3.05, 3.63) is 49.8 Å². The first kappa shape index (κ1) is 18.9. The van der Waals surface area contributed by atoms with Crippen molar-refractivity contribution in [1.82, 2.24) is 19.4 Å². The lowest BCUT2D eigenvalue weighted by Crippen LogP contribution is -2.48. The molecule has 2 saturated heterocycles. The number of alkyl halides is 1. The SMILES string of the molecule is Cc1nc(CN2C[C@@H]3C[C@H](C2)c2ccc(C(=O)N4CC[C@H](F)C4)c(=O)n2C3)cs1. The number of thiazole rings is 1. The largest absolute Gasteiger partial charge is 0.335 e. The number of likely N-dealkylation sites (tertiary alicyclic amines) is 2. The van der Waals surface area contributed by atoms with Gasteiger partial charge in [0.2, 0.25) is 0 Å². The van der Waals surface area contributed by atoms with Gasteiger partial charge in [0.05, 0.1) is 17.2 Å². The van der Waals surface area contributed by atoms with Crippen LogP contribution in [0.3, 0.4) is 0 Å². The minimum atomic E-state index is -0.980. The molecule has 3 aliphatic rings. The number of aromatic nitrogens is 2. The maximum Gasteiger partial charge on any atom is 0.263 e. The van der Waals surface area contributed by atoms with Crippen molar-refractivity contribution in [3.63, 3.8) is 0 Å². The maximum absolute atomic E-state index is 13.5. The van der Waals surface area contributed by atoms with Gasteiger partial charge >= 0.3 is 0 Å². The molecule has 0 aromatic carbocycles. The lowest BCUT2D eigenvalue weighted by atomic mass is 9.83. The van der Waals surface area contributed by atoms with Crippen molar-refractivity contribution in [2.24, 2.45) is 5.92 Å². The highest BCUT2D eigenvalue weighted by Gasteiger charge is 2.36. The molecule has 1 amide bonds.